The van der Waals surface area contributed by atoms with E-state index in [-0.39, 0.29) is 6.61 Å². The van der Waals surface area contributed by atoms with Crippen LogP contribution in [0.3, 0.4) is 0 Å². The van der Waals surface area contributed by atoms with Gasteiger partial charge in [0.2, 0.25) is 0 Å². The molecule has 0 spiro atoms. The molecule has 0 amide bonds. The van der Waals surface area contributed by atoms with Crippen molar-refractivity contribution >= 4 is 15.9 Å². The lowest BCUT2D eigenvalue weighted by molar-refractivity contribution is 0.0901. The fraction of sp³-hybridized carbons (Fsp3) is 0.571. The highest BCUT2D eigenvalue weighted by Crippen LogP contribution is 2.37. The van der Waals surface area contributed by atoms with Crippen LogP contribution in [0, 0.1) is 0 Å². The van der Waals surface area contributed by atoms with Gasteiger partial charge >= 0.3 is 0 Å². The lowest BCUT2D eigenvalue weighted by Crippen LogP contribution is -2.41. The number of hydrogen-bond acceptors (Lipinski definition) is 3. The molecule has 2 rings (SSSR count). The predicted octanol–water partition coefficient (Wildman–Crippen LogP) is 2.29. The van der Waals surface area contributed by atoms with Gasteiger partial charge in [0.1, 0.15) is 0 Å². The van der Waals surface area contributed by atoms with Crippen molar-refractivity contribution in [2.45, 2.75) is 24.8 Å². The van der Waals surface area contributed by atoms with Gasteiger partial charge in [-0.2, -0.15) is 0 Å². The zero-order chi connectivity index (χ0) is 12.8. The maximum atomic E-state index is 8.57. The number of aliphatic hydroxyl groups excluding tert-OH is 1. The van der Waals surface area contributed by atoms with E-state index in [4.69, 9.17) is 9.84 Å². The number of nitrogens with one attached hydrogen (secondary N) is 1. The van der Waals surface area contributed by atoms with Crippen LogP contribution in [0.15, 0.2) is 28.7 Å². The molecule has 1 aliphatic carbocycles. The number of halogens is 1. The van der Waals surface area contributed by atoms with Crippen molar-refractivity contribution < 1.29 is 9.84 Å². The van der Waals surface area contributed by atoms with Crippen molar-refractivity contribution in [1.29, 1.82) is 0 Å². The fourth-order valence-electron chi connectivity index (χ4n) is 2.32. The van der Waals surface area contributed by atoms with Crippen molar-refractivity contribution in [3.05, 3.63) is 34.3 Å². The normalized spacial score (nSPS) is 22.8. The maximum Gasteiger partial charge on any atom is 0.0698 e. The van der Waals surface area contributed by atoms with Crippen LogP contribution in [0.25, 0.3) is 0 Å². The van der Waals surface area contributed by atoms with Crippen molar-refractivity contribution in [1.82, 2.24) is 5.32 Å². The van der Waals surface area contributed by atoms with Crippen LogP contribution in [0.2, 0.25) is 0 Å². The third-order valence-electron chi connectivity index (χ3n) is 3.37. The summed E-state index contributed by atoms with van der Waals surface area (Å²) in [6, 6.07) is 9.20. The Morgan fingerprint density at radius 2 is 2.17 bits per heavy atom. The van der Waals surface area contributed by atoms with Gasteiger partial charge in [-0.3, -0.25) is 0 Å². The average molecular weight is 314 g/mol. The van der Waals surface area contributed by atoms with Crippen molar-refractivity contribution in [2.75, 3.05) is 26.4 Å². The lowest BCUT2D eigenvalue weighted by Gasteiger charge is -2.36. The molecule has 0 radical (unpaired) electrons. The Bertz CT molecular complexity index is 367. The molecule has 0 aromatic heterocycles. The third-order valence-corrected chi connectivity index (χ3v) is 3.87. The second-order valence-corrected chi connectivity index (χ2v) is 5.63. The second kappa shape index (κ2) is 7.24. The largest absolute Gasteiger partial charge is 0.394 e. The van der Waals surface area contributed by atoms with Crippen molar-refractivity contribution in [2.24, 2.45) is 0 Å². The first-order valence-corrected chi connectivity index (χ1v) is 7.26. The molecule has 0 bridgehead atoms. The minimum atomic E-state index is 0.106. The summed E-state index contributed by atoms with van der Waals surface area (Å²) in [6.45, 7) is 2.09. The van der Waals surface area contributed by atoms with E-state index >= 15 is 0 Å². The van der Waals surface area contributed by atoms with Crippen molar-refractivity contribution in [3.63, 3.8) is 0 Å². The molecule has 1 aliphatic rings. The summed E-state index contributed by atoms with van der Waals surface area (Å²) in [5.74, 6) is 0.693. The molecule has 1 aromatic carbocycles. The van der Waals surface area contributed by atoms with Gasteiger partial charge in [-0.25, -0.2) is 0 Å². The molecule has 2 N–H and O–H groups in total. The maximum absolute atomic E-state index is 8.57. The Balaban J connectivity index is 1.62. The van der Waals surface area contributed by atoms with Crippen molar-refractivity contribution in [3.8, 4) is 0 Å². The van der Waals surface area contributed by atoms with Gasteiger partial charge < -0.3 is 15.2 Å². The van der Waals surface area contributed by atoms with E-state index in [2.05, 4.69) is 45.5 Å². The molecule has 100 valence electrons. The zero-order valence-corrected chi connectivity index (χ0v) is 12.0. The van der Waals surface area contributed by atoms with Gasteiger partial charge in [-0.05, 0) is 36.5 Å². The Labute approximate surface area is 117 Å². The molecule has 0 heterocycles. The topological polar surface area (TPSA) is 41.5 Å². The number of aliphatic hydroxyl groups is 1. The van der Waals surface area contributed by atoms with E-state index in [0.29, 0.717) is 25.2 Å². The summed E-state index contributed by atoms with van der Waals surface area (Å²) in [4.78, 5) is 0. The molecule has 4 heteroatoms. The second-order valence-electron chi connectivity index (χ2n) is 4.71. The zero-order valence-electron chi connectivity index (χ0n) is 10.4. The Hall–Kier alpha value is -0.420. The Morgan fingerprint density at radius 3 is 2.89 bits per heavy atom. The van der Waals surface area contributed by atoms with Crippen LogP contribution in [0.5, 0.6) is 0 Å². The monoisotopic (exact) mass is 313 g/mol. The molecule has 0 aliphatic heterocycles. The Kier molecular flexibility index (Phi) is 5.63. The summed E-state index contributed by atoms with van der Waals surface area (Å²) in [5.41, 5.74) is 1.43. The molecule has 0 atom stereocenters. The first kappa shape index (κ1) is 14.0. The molecular weight excluding hydrogens is 294 g/mol. The summed E-state index contributed by atoms with van der Waals surface area (Å²) in [7, 11) is 0. The van der Waals surface area contributed by atoms with Crippen LogP contribution >= 0.6 is 15.9 Å². The number of benzene rings is 1. The summed E-state index contributed by atoms with van der Waals surface area (Å²) in [6.07, 6.45) is 2.41. The van der Waals surface area contributed by atoms with Crippen LogP contribution in [0.4, 0.5) is 0 Å². The number of ether oxygens (including phenoxy) is 1. The van der Waals surface area contributed by atoms with Gasteiger partial charge in [0, 0.05) is 17.1 Å². The summed E-state index contributed by atoms with van der Waals surface area (Å²) in [5, 5.41) is 12.0. The van der Waals surface area contributed by atoms with E-state index in [0.717, 1.165) is 11.0 Å². The van der Waals surface area contributed by atoms with Crippen LogP contribution in [-0.2, 0) is 4.74 Å². The molecule has 0 saturated heterocycles. The van der Waals surface area contributed by atoms with Gasteiger partial charge in [-0.1, -0.05) is 28.1 Å². The van der Waals surface area contributed by atoms with Gasteiger partial charge in [0.25, 0.3) is 0 Å². The number of hydrogen-bond donors (Lipinski definition) is 2. The molecule has 1 fully saturated rings. The molecule has 3 nitrogen and oxygen atoms in total. The van der Waals surface area contributed by atoms with E-state index in [1.165, 1.54) is 18.4 Å². The minimum absolute atomic E-state index is 0.106. The quantitative estimate of drug-likeness (QED) is 0.759. The fourth-order valence-corrected chi connectivity index (χ4v) is 2.74. The molecule has 1 aromatic rings. The van der Waals surface area contributed by atoms with E-state index in [1.807, 2.05) is 0 Å². The van der Waals surface area contributed by atoms with Gasteiger partial charge in [-0.15, -0.1) is 0 Å². The highest BCUT2D eigenvalue weighted by Gasteiger charge is 2.29. The highest BCUT2D eigenvalue weighted by molar-refractivity contribution is 9.10. The average Bonchev–Trinajstić information content (AvgIpc) is 2.31. The predicted molar refractivity (Wildman–Crippen MR) is 75.8 cm³/mol. The lowest BCUT2D eigenvalue weighted by atomic mass is 9.76. The molecular formula is C14H20BrNO2. The van der Waals surface area contributed by atoms with Crippen LogP contribution < -0.4 is 5.32 Å². The minimum Gasteiger partial charge on any atom is -0.394 e. The van der Waals surface area contributed by atoms with Crippen LogP contribution in [-0.4, -0.2) is 37.5 Å². The summed E-state index contributed by atoms with van der Waals surface area (Å²) < 4.78 is 6.37. The third kappa shape index (κ3) is 4.05. The SMILES string of the molecule is OCCOCCNC1CC(c2cccc(Br)c2)C1. The molecule has 0 unspecified atom stereocenters. The van der Waals surface area contributed by atoms with Crippen LogP contribution in [0.1, 0.15) is 24.3 Å². The van der Waals surface area contributed by atoms with E-state index in [9.17, 15) is 0 Å². The smallest absolute Gasteiger partial charge is 0.0698 e. The first-order chi connectivity index (χ1) is 8.79. The Morgan fingerprint density at radius 1 is 1.33 bits per heavy atom. The summed E-state index contributed by atoms with van der Waals surface area (Å²) >= 11 is 3.51. The standard InChI is InChI=1S/C14H20BrNO2/c15-13-3-1-2-11(8-13)12-9-14(10-12)16-4-6-18-7-5-17/h1-3,8,12,14,16-17H,4-7,9-10H2. The van der Waals surface area contributed by atoms with E-state index in [1.54, 1.807) is 0 Å². The van der Waals surface area contributed by atoms with E-state index < -0.39 is 0 Å². The van der Waals surface area contributed by atoms with Gasteiger partial charge in [0.05, 0.1) is 19.8 Å². The van der Waals surface area contributed by atoms with Gasteiger partial charge in [0.15, 0.2) is 0 Å². The number of rotatable bonds is 7. The highest BCUT2D eigenvalue weighted by atomic mass is 79.9. The molecule has 18 heavy (non-hydrogen) atoms. The first-order valence-electron chi connectivity index (χ1n) is 6.47. The molecule has 1 saturated carbocycles.